The molecule has 0 fully saturated rings. The number of thioether (sulfide) groups is 1. The van der Waals surface area contributed by atoms with Gasteiger partial charge in [-0.1, -0.05) is 23.4 Å². The second kappa shape index (κ2) is 7.75. The van der Waals surface area contributed by atoms with Crippen LogP contribution in [0.1, 0.15) is 18.3 Å². The van der Waals surface area contributed by atoms with Crippen molar-refractivity contribution < 1.29 is 22.7 Å². The number of nitrogens with zero attached hydrogens (tertiary/aromatic N) is 3. The molecule has 1 amide bonds. The SMILES string of the molecule is COc1cc(Cl)c(C)cc1NC(=O)[C@H](C)Sc1nnc(C(F)(F)F)n1C. The first-order valence-electron chi connectivity index (χ1n) is 7.32. The number of carbonyl (C=O) groups excluding carboxylic acids is 1. The van der Waals surface area contributed by atoms with Crippen LogP contribution in [-0.4, -0.2) is 33.0 Å². The van der Waals surface area contributed by atoms with Gasteiger partial charge in [-0.25, -0.2) is 0 Å². The number of aryl methyl sites for hydroxylation is 1. The summed E-state index contributed by atoms with van der Waals surface area (Å²) in [5.74, 6) is -1.17. The Morgan fingerprint density at radius 2 is 2.04 bits per heavy atom. The first-order valence-corrected chi connectivity index (χ1v) is 8.58. The summed E-state index contributed by atoms with van der Waals surface area (Å²) < 4.78 is 44.3. The lowest BCUT2D eigenvalue weighted by Crippen LogP contribution is -2.23. The first-order chi connectivity index (χ1) is 12.0. The summed E-state index contributed by atoms with van der Waals surface area (Å²) in [5.41, 5.74) is 1.16. The van der Waals surface area contributed by atoms with Crippen LogP contribution < -0.4 is 10.1 Å². The number of amides is 1. The maximum absolute atomic E-state index is 12.8. The number of halogens is 4. The highest BCUT2D eigenvalue weighted by molar-refractivity contribution is 8.00. The number of benzene rings is 1. The molecule has 0 aliphatic heterocycles. The van der Waals surface area contributed by atoms with Crippen molar-refractivity contribution >= 4 is 35.0 Å². The van der Waals surface area contributed by atoms with E-state index in [0.29, 0.717) is 16.5 Å². The van der Waals surface area contributed by atoms with Crippen molar-refractivity contribution in [3.63, 3.8) is 0 Å². The second-order valence-electron chi connectivity index (χ2n) is 5.41. The monoisotopic (exact) mass is 408 g/mol. The zero-order chi connectivity index (χ0) is 19.6. The van der Waals surface area contributed by atoms with Crippen LogP contribution in [-0.2, 0) is 18.0 Å². The van der Waals surface area contributed by atoms with Crippen LogP contribution in [0.3, 0.4) is 0 Å². The minimum Gasteiger partial charge on any atom is -0.495 e. The molecule has 142 valence electrons. The molecule has 0 bridgehead atoms. The molecule has 0 aliphatic rings. The number of anilines is 1. The standard InChI is InChI=1S/C15H16ClF3N4O2S/c1-7-5-10(11(25-4)6-9(7)16)20-12(24)8(2)26-14-22-21-13(23(14)3)15(17,18)19/h5-6,8H,1-4H3,(H,20,24)/t8-/m0/s1. The van der Waals surface area contributed by atoms with E-state index in [1.165, 1.54) is 14.2 Å². The Kier molecular flexibility index (Phi) is 6.07. The quantitative estimate of drug-likeness (QED) is 0.759. The molecule has 2 aromatic rings. The lowest BCUT2D eigenvalue weighted by atomic mass is 10.2. The molecule has 1 aromatic carbocycles. The van der Waals surface area contributed by atoms with Crippen molar-refractivity contribution in [2.45, 2.75) is 30.4 Å². The number of alkyl halides is 3. The van der Waals surface area contributed by atoms with Gasteiger partial charge in [-0.15, -0.1) is 10.2 Å². The molecule has 11 heteroatoms. The van der Waals surface area contributed by atoms with Gasteiger partial charge in [0.05, 0.1) is 18.0 Å². The molecular formula is C15H16ClF3N4O2S. The maximum Gasteiger partial charge on any atom is 0.451 e. The van der Waals surface area contributed by atoms with E-state index in [-0.39, 0.29) is 5.16 Å². The van der Waals surface area contributed by atoms with Gasteiger partial charge in [-0.05, 0) is 25.5 Å². The molecule has 1 heterocycles. The van der Waals surface area contributed by atoms with E-state index in [0.717, 1.165) is 21.9 Å². The van der Waals surface area contributed by atoms with E-state index in [9.17, 15) is 18.0 Å². The van der Waals surface area contributed by atoms with Crippen molar-refractivity contribution in [2.75, 3.05) is 12.4 Å². The van der Waals surface area contributed by atoms with E-state index < -0.39 is 23.2 Å². The number of nitrogens with one attached hydrogen (secondary N) is 1. The van der Waals surface area contributed by atoms with Gasteiger partial charge in [-0.2, -0.15) is 13.2 Å². The summed E-state index contributed by atoms with van der Waals surface area (Å²) in [5, 5.41) is 9.07. The molecule has 6 nitrogen and oxygen atoms in total. The van der Waals surface area contributed by atoms with Crippen molar-refractivity contribution in [1.82, 2.24) is 14.8 Å². The van der Waals surface area contributed by atoms with Crippen LogP contribution in [0, 0.1) is 6.92 Å². The Morgan fingerprint density at radius 3 is 2.58 bits per heavy atom. The average molecular weight is 409 g/mol. The van der Waals surface area contributed by atoms with Crippen LogP contribution in [0.4, 0.5) is 18.9 Å². The molecule has 1 atom stereocenters. The largest absolute Gasteiger partial charge is 0.495 e. The highest BCUT2D eigenvalue weighted by Crippen LogP contribution is 2.33. The fourth-order valence-electron chi connectivity index (χ4n) is 2.04. The van der Waals surface area contributed by atoms with Gasteiger partial charge in [0.25, 0.3) is 0 Å². The van der Waals surface area contributed by atoms with Crippen molar-refractivity contribution in [1.29, 1.82) is 0 Å². The second-order valence-corrected chi connectivity index (χ2v) is 7.13. The zero-order valence-electron chi connectivity index (χ0n) is 14.3. The van der Waals surface area contributed by atoms with E-state index >= 15 is 0 Å². The predicted molar refractivity (Wildman–Crippen MR) is 92.7 cm³/mol. The third-order valence-electron chi connectivity index (χ3n) is 3.48. The summed E-state index contributed by atoms with van der Waals surface area (Å²) in [6.07, 6.45) is -4.61. The molecule has 1 aromatic heterocycles. The van der Waals surface area contributed by atoms with Gasteiger partial charge in [0.2, 0.25) is 11.7 Å². The number of hydrogen-bond donors (Lipinski definition) is 1. The number of methoxy groups -OCH3 is 1. The third kappa shape index (κ3) is 4.42. The number of carbonyl (C=O) groups is 1. The lowest BCUT2D eigenvalue weighted by Gasteiger charge is -2.15. The highest BCUT2D eigenvalue weighted by Gasteiger charge is 2.38. The topological polar surface area (TPSA) is 69.0 Å². The van der Waals surface area contributed by atoms with Crippen LogP contribution >= 0.6 is 23.4 Å². The van der Waals surface area contributed by atoms with Crippen LogP contribution in [0.25, 0.3) is 0 Å². The predicted octanol–water partition coefficient (Wildman–Crippen LogP) is 3.92. The minimum absolute atomic E-state index is 0.0146. The van der Waals surface area contributed by atoms with Gasteiger partial charge >= 0.3 is 6.18 Å². The maximum atomic E-state index is 12.8. The van der Waals surface area contributed by atoms with Gasteiger partial charge < -0.3 is 14.6 Å². The van der Waals surface area contributed by atoms with Gasteiger partial charge in [-0.3, -0.25) is 4.79 Å². The Balaban J connectivity index is 2.14. The summed E-state index contributed by atoms with van der Waals surface area (Å²) in [4.78, 5) is 12.4. The van der Waals surface area contributed by atoms with Gasteiger partial charge in [0.1, 0.15) is 5.75 Å². The molecule has 0 aliphatic carbocycles. The molecule has 1 N–H and O–H groups in total. The van der Waals surface area contributed by atoms with Crippen LogP contribution in [0.5, 0.6) is 5.75 Å². The van der Waals surface area contributed by atoms with Crippen LogP contribution in [0.15, 0.2) is 17.3 Å². The molecule has 0 saturated heterocycles. The van der Waals surface area contributed by atoms with Crippen LogP contribution in [0.2, 0.25) is 5.02 Å². The van der Waals surface area contributed by atoms with E-state index in [1.807, 2.05) is 0 Å². The van der Waals surface area contributed by atoms with Crippen molar-refractivity contribution in [3.05, 3.63) is 28.5 Å². The number of ether oxygens (including phenoxy) is 1. The molecule has 0 radical (unpaired) electrons. The summed E-state index contributed by atoms with van der Waals surface area (Å²) in [6, 6.07) is 3.23. The smallest absolute Gasteiger partial charge is 0.451 e. The molecule has 0 spiro atoms. The molecule has 0 saturated carbocycles. The van der Waals surface area contributed by atoms with E-state index in [1.54, 1.807) is 26.0 Å². The Morgan fingerprint density at radius 1 is 1.38 bits per heavy atom. The normalized spacial score (nSPS) is 12.8. The van der Waals surface area contributed by atoms with E-state index in [4.69, 9.17) is 16.3 Å². The summed E-state index contributed by atoms with van der Waals surface area (Å²) in [6.45, 7) is 3.32. The minimum atomic E-state index is -4.61. The molecule has 0 unspecified atom stereocenters. The highest BCUT2D eigenvalue weighted by atomic mass is 35.5. The Hall–Kier alpha value is -1.94. The zero-order valence-corrected chi connectivity index (χ0v) is 15.9. The molecule has 26 heavy (non-hydrogen) atoms. The molecule has 2 rings (SSSR count). The average Bonchev–Trinajstić information content (AvgIpc) is 2.91. The fourth-order valence-corrected chi connectivity index (χ4v) is 3.01. The summed E-state index contributed by atoms with van der Waals surface area (Å²) >= 11 is 6.89. The van der Waals surface area contributed by atoms with Gasteiger partial charge in [0, 0.05) is 18.1 Å². The lowest BCUT2D eigenvalue weighted by molar-refractivity contribution is -0.147. The fraction of sp³-hybridized carbons (Fsp3) is 0.400. The van der Waals surface area contributed by atoms with Gasteiger partial charge in [0.15, 0.2) is 5.16 Å². The number of aromatic nitrogens is 3. The Bertz CT molecular complexity index is 826. The number of hydrogen-bond acceptors (Lipinski definition) is 5. The first kappa shape index (κ1) is 20.4. The van der Waals surface area contributed by atoms with E-state index in [2.05, 4.69) is 15.5 Å². The number of rotatable bonds is 5. The van der Waals surface area contributed by atoms with Crippen molar-refractivity contribution in [3.8, 4) is 5.75 Å². The summed E-state index contributed by atoms with van der Waals surface area (Å²) in [7, 11) is 2.63. The third-order valence-corrected chi connectivity index (χ3v) is 5.02. The Labute approximate surface area is 157 Å². The van der Waals surface area contributed by atoms with Crippen molar-refractivity contribution in [2.24, 2.45) is 7.05 Å². The molecular weight excluding hydrogens is 393 g/mol.